The monoisotopic (exact) mass is 397 g/mol. The molecule has 4 rings (SSSR count). The maximum atomic E-state index is 13.6. The van der Waals surface area contributed by atoms with Gasteiger partial charge in [0.05, 0.1) is 34.8 Å². The minimum Gasteiger partial charge on any atom is -0.363 e. The molecular weight excluding hydrogens is 381 g/mol. The highest BCUT2D eigenvalue weighted by atomic mass is 35.5. The van der Waals surface area contributed by atoms with Crippen molar-refractivity contribution in [2.24, 2.45) is 7.05 Å². The van der Waals surface area contributed by atoms with Gasteiger partial charge in [0.15, 0.2) is 0 Å². The maximum absolute atomic E-state index is 13.6. The van der Waals surface area contributed by atoms with Crippen LogP contribution in [0.25, 0.3) is 22.2 Å². The summed E-state index contributed by atoms with van der Waals surface area (Å²) in [6, 6.07) is 7.90. The van der Waals surface area contributed by atoms with E-state index in [2.05, 4.69) is 20.3 Å². The number of pyridine rings is 2. The highest BCUT2D eigenvalue weighted by Crippen LogP contribution is 2.25. The number of aryl methyl sites for hydroxylation is 1. The number of hydrogen-bond donors (Lipinski definition) is 2. The van der Waals surface area contributed by atoms with Crippen LogP contribution in [-0.4, -0.2) is 19.5 Å². The van der Waals surface area contributed by atoms with Crippen molar-refractivity contribution < 1.29 is 4.39 Å². The van der Waals surface area contributed by atoms with Crippen LogP contribution in [-0.2, 0) is 7.05 Å². The smallest absolute Gasteiger partial charge is 0.253 e. The molecule has 6 nitrogen and oxygen atoms in total. The molecule has 1 unspecified atom stereocenters. The second-order valence-electron chi connectivity index (χ2n) is 6.59. The third-order valence-electron chi connectivity index (χ3n) is 4.62. The molecule has 0 aliphatic carbocycles. The van der Waals surface area contributed by atoms with Crippen molar-refractivity contribution in [1.29, 1.82) is 0 Å². The van der Waals surface area contributed by atoms with E-state index in [-0.39, 0.29) is 16.6 Å². The highest BCUT2D eigenvalue weighted by Gasteiger charge is 2.14. The summed E-state index contributed by atoms with van der Waals surface area (Å²) in [7, 11) is 1.92. The van der Waals surface area contributed by atoms with Crippen molar-refractivity contribution in [3.63, 3.8) is 0 Å². The van der Waals surface area contributed by atoms with Gasteiger partial charge in [-0.15, -0.1) is 0 Å². The van der Waals surface area contributed by atoms with Crippen LogP contribution in [0.5, 0.6) is 0 Å². The Hall–Kier alpha value is -3.19. The van der Waals surface area contributed by atoms with Gasteiger partial charge in [-0.2, -0.15) is 0 Å². The van der Waals surface area contributed by atoms with Crippen molar-refractivity contribution >= 4 is 28.3 Å². The molecule has 3 heterocycles. The van der Waals surface area contributed by atoms with E-state index >= 15 is 0 Å². The number of nitrogens with one attached hydrogen (secondary N) is 2. The quantitative estimate of drug-likeness (QED) is 0.538. The van der Waals surface area contributed by atoms with E-state index in [0.717, 1.165) is 11.3 Å². The molecule has 0 fully saturated rings. The van der Waals surface area contributed by atoms with Crippen LogP contribution in [0.1, 0.15) is 18.5 Å². The maximum Gasteiger partial charge on any atom is 0.253 e. The van der Waals surface area contributed by atoms with Crippen LogP contribution in [0.3, 0.4) is 0 Å². The summed E-state index contributed by atoms with van der Waals surface area (Å²) in [6.07, 6.45) is 5.21. The predicted molar refractivity (Wildman–Crippen MR) is 108 cm³/mol. The number of aromatic nitrogens is 4. The summed E-state index contributed by atoms with van der Waals surface area (Å²) in [6.45, 7) is 1.86. The molecule has 1 aromatic carbocycles. The first-order valence-corrected chi connectivity index (χ1v) is 9.01. The third kappa shape index (κ3) is 3.36. The Balaban J connectivity index is 1.66. The number of aromatic amines is 1. The fraction of sp³-hybridized carbons (Fsp3) is 0.150. The van der Waals surface area contributed by atoms with Gasteiger partial charge in [0.2, 0.25) is 0 Å². The second-order valence-corrected chi connectivity index (χ2v) is 7.00. The minimum atomic E-state index is -0.570. The van der Waals surface area contributed by atoms with E-state index in [9.17, 15) is 9.18 Å². The zero-order valence-electron chi connectivity index (χ0n) is 15.2. The summed E-state index contributed by atoms with van der Waals surface area (Å²) in [5, 5.41) is 3.91. The van der Waals surface area contributed by atoms with E-state index < -0.39 is 5.82 Å². The number of rotatable bonds is 4. The Labute approximate surface area is 165 Å². The van der Waals surface area contributed by atoms with Crippen LogP contribution in [0, 0.1) is 5.82 Å². The highest BCUT2D eigenvalue weighted by molar-refractivity contribution is 6.31. The lowest BCUT2D eigenvalue weighted by molar-refractivity contribution is 0.629. The second kappa shape index (κ2) is 7.09. The Morgan fingerprint density at radius 2 is 2.11 bits per heavy atom. The van der Waals surface area contributed by atoms with Crippen molar-refractivity contribution in [2.45, 2.75) is 13.0 Å². The molecule has 0 saturated carbocycles. The van der Waals surface area contributed by atoms with E-state index in [1.54, 1.807) is 24.8 Å². The average Bonchev–Trinajstić information content (AvgIpc) is 3.09. The molecule has 0 bridgehead atoms. The lowest BCUT2D eigenvalue weighted by Crippen LogP contribution is -2.19. The fourth-order valence-electron chi connectivity index (χ4n) is 3.14. The molecule has 0 spiro atoms. The molecular formula is C20H17ClFN5O. The summed E-state index contributed by atoms with van der Waals surface area (Å²) < 4.78 is 15.5. The van der Waals surface area contributed by atoms with Crippen molar-refractivity contribution in [1.82, 2.24) is 19.5 Å². The summed E-state index contributed by atoms with van der Waals surface area (Å²) in [5.74, 6) is 0.0581. The van der Waals surface area contributed by atoms with E-state index in [0.29, 0.717) is 22.3 Å². The molecule has 0 aliphatic heterocycles. The summed E-state index contributed by atoms with van der Waals surface area (Å²) in [5.41, 5.74) is 2.52. The number of fused-ring (bicyclic) bond motifs is 1. The van der Waals surface area contributed by atoms with Gasteiger partial charge >= 0.3 is 0 Å². The van der Waals surface area contributed by atoms with Crippen LogP contribution >= 0.6 is 11.6 Å². The zero-order chi connectivity index (χ0) is 19.8. The first-order valence-electron chi connectivity index (χ1n) is 8.63. The molecule has 28 heavy (non-hydrogen) atoms. The molecule has 0 amide bonds. The van der Waals surface area contributed by atoms with Gasteiger partial charge in [-0.1, -0.05) is 11.6 Å². The summed E-state index contributed by atoms with van der Waals surface area (Å²) >= 11 is 5.87. The van der Waals surface area contributed by atoms with Gasteiger partial charge in [0, 0.05) is 29.8 Å². The van der Waals surface area contributed by atoms with Gasteiger partial charge in [-0.25, -0.2) is 14.4 Å². The Morgan fingerprint density at radius 3 is 2.86 bits per heavy atom. The van der Waals surface area contributed by atoms with E-state index in [1.807, 2.05) is 30.7 Å². The van der Waals surface area contributed by atoms with Gasteiger partial charge in [0.25, 0.3) is 5.56 Å². The molecule has 0 radical (unpaired) electrons. The number of anilines is 1. The number of imidazole rings is 1. The van der Waals surface area contributed by atoms with Gasteiger partial charge in [-0.05, 0) is 37.3 Å². The number of halogens is 2. The largest absolute Gasteiger partial charge is 0.363 e. The van der Waals surface area contributed by atoms with Gasteiger partial charge < -0.3 is 14.9 Å². The van der Waals surface area contributed by atoms with Crippen LogP contribution in [0.2, 0.25) is 5.02 Å². The Morgan fingerprint density at radius 1 is 1.29 bits per heavy atom. The predicted octanol–water partition coefficient (Wildman–Crippen LogP) is 4.29. The van der Waals surface area contributed by atoms with Crippen molar-refractivity contribution in [2.75, 3.05) is 5.32 Å². The molecule has 2 N–H and O–H groups in total. The number of nitrogens with zero attached hydrogens (tertiary/aromatic N) is 3. The molecule has 0 aliphatic rings. The molecule has 8 heteroatoms. The molecule has 3 aromatic heterocycles. The standard InChI is InChI=1S/C20H17ClFN5O/c1-11(14-5-13-6-15(21)16(22)8-17(13)26-20(14)28)25-19-7-12(3-4-24-19)18-9-23-10-27(18)2/h3-11H,1-2H3,(H,24,25)(H,26,28). The van der Waals surface area contributed by atoms with Crippen molar-refractivity contribution in [3.05, 3.63) is 75.8 Å². The Bertz CT molecular complexity index is 1230. The zero-order valence-corrected chi connectivity index (χ0v) is 16.0. The van der Waals surface area contributed by atoms with Crippen molar-refractivity contribution in [3.8, 4) is 11.3 Å². The summed E-state index contributed by atoms with van der Waals surface area (Å²) in [4.78, 5) is 23.7. The Kier molecular flexibility index (Phi) is 4.60. The molecule has 1 atom stereocenters. The van der Waals surface area contributed by atoms with Gasteiger partial charge in [0.1, 0.15) is 11.6 Å². The molecule has 142 valence electrons. The molecule has 0 saturated heterocycles. The normalized spacial score (nSPS) is 12.3. The minimum absolute atomic E-state index is 0.0108. The number of benzene rings is 1. The third-order valence-corrected chi connectivity index (χ3v) is 4.91. The van der Waals surface area contributed by atoms with E-state index in [1.165, 1.54) is 12.1 Å². The van der Waals surface area contributed by atoms with Crippen LogP contribution < -0.4 is 10.9 Å². The lowest BCUT2D eigenvalue weighted by Gasteiger charge is -2.15. The molecule has 4 aromatic rings. The first kappa shape index (κ1) is 18.2. The topological polar surface area (TPSA) is 75.6 Å². The number of hydrogen-bond acceptors (Lipinski definition) is 4. The first-order chi connectivity index (χ1) is 13.4. The number of H-pyrrole nitrogens is 1. The van der Waals surface area contributed by atoms with E-state index in [4.69, 9.17) is 11.6 Å². The van der Waals surface area contributed by atoms with Gasteiger partial charge in [-0.3, -0.25) is 4.79 Å². The lowest BCUT2D eigenvalue weighted by atomic mass is 10.1. The SMILES string of the molecule is CC(Nc1cc(-c2cncn2C)ccn1)c1cc2cc(Cl)c(F)cc2[nH]c1=O. The fourth-order valence-corrected chi connectivity index (χ4v) is 3.31. The average molecular weight is 398 g/mol. The van der Waals surface area contributed by atoms with Crippen LogP contribution in [0.15, 0.2) is 53.8 Å². The van der Waals surface area contributed by atoms with Crippen LogP contribution in [0.4, 0.5) is 10.2 Å².